The highest BCUT2D eigenvalue weighted by Gasteiger charge is 2.40. The number of aromatic nitrogens is 1. The highest BCUT2D eigenvalue weighted by Crippen LogP contribution is 2.31. The molecule has 0 aliphatic carbocycles. The normalized spacial score (nSPS) is 17.5. The summed E-state index contributed by atoms with van der Waals surface area (Å²) in [5, 5.41) is 12.0. The second-order valence-corrected chi connectivity index (χ2v) is 5.43. The molecule has 1 amide bonds. The maximum absolute atomic E-state index is 12.3. The molecule has 1 fully saturated rings. The minimum Gasteiger partial charge on any atom is -0.381 e. The van der Waals surface area contributed by atoms with Crippen LogP contribution in [0.4, 0.5) is 5.82 Å². The van der Waals surface area contributed by atoms with Gasteiger partial charge in [0.1, 0.15) is 11.2 Å². The maximum Gasteiger partial charge on any atom is 0.246 e. The van der Waals surface area contributed by atoms with Crippen molar-refractivity contribution in [3.63, 3.8) is 0 Å². The lowest BCUT2D eigenvalue weighted by molar-refractivity contribution is -0.126. The molecular weight excluding hydrogens is 310 g/mol. The topological polar surface area (TPSA) is 75.0 Å². The number of carbonyl (C=O) groups is 1. The van der Waals surface area contributed by atoms with Crippen LogP contribution in [0.25, 0.3) is 0 Å². The minimum absolute atomic E-state index is 0.299. The van der Waals surface area contributed by atoms with Crippen molar-refractivity contribution in [2.24, 2.45) is 5.41 Å². The molecule has 0 radical (unpaired) electrons. The fraction of sp³-hybridized carbons (Fsp3) is 0.462. The third-order valence-corrected chi connectivity index (χ3v) is 4.11. The number of rotatable bonds is 2. The van der Waals surface area contributed by atoms with Gasteiger partial charge in [0, 0.05) is 23.9 Å². The number of hydrogen-bond acceptors (Lipinski definition) is 4. The van der Waals surface area contributed by atoms with E-state index in [0.717, 1.165) is 10.0 Å². The first-order valence-corrected chi connectivity index (χ1v) is 6.79. The van der Waals surface area contributed by atoms with Crippen molar-refractivity contribution >= 4 is 27.7 Å². The Bertz CT molecular complexity index is 533. The quantitative estimate of drug-likeness (QED) is 0.906. The second kappa shape index (κ2) is 5.68. The first-order chi connectivity index (χ1) is 9.07. The molecule has 0 atom stereocenters. The Morgan fingerprint density at radius 3 is 2.84 bits per heavy atom. The van der Waals surface area contributed by atoms with Crippen molar-refractivity contribution in [2.75, 3.05) is 18.5 Å². The predicted octanol–water partition coefficient (Wildman–Crippen LogP) is 2.41. The summed E-state index contributed by atoms with van der Waals surface area (Å²) in [7, 11) is 0. The third-order valence-electron chi connectivity index (χ3n) is 3.28. The van der Waals surface area contributed by atoms with Gasteiger partial charge >= 0.3 is 0 Å². The summed E-state index contributed by atoms with van der Waals surface area (Å²) in [4.78, 5) is 16.4. The highest BCUT2D eigenvalue weighted by molar-refractivity contribution is 9.10. The van der Waals surface area contributed by atoms with Crippen LogP contribution >= 0.6 is 15.9 Å². The summed E-state index contributed by atoms with van der Waals surface area (Å²) < 4.78 is 6.09. The first-order valence-electron chi connectivity index (χ1n) is 6.00. The number of amides is 1. The van der Waals surface area contributed by atoms with Gasteiger partial charge in [-0.05, 0) is 47.3 Å². The Balaban J connectivity index is 2.15. The average molecular weight is 324 g/mol. The number of nitriles is 1. The smallest absolute Gasteiger partial charge is 0.246 e. The summed E-state index contributed by atoms with van der Waals surface area (Å²) >= 11 is 3.35. The molecule has 0 saturated carbocycles. The Morgan fingerprint density at radius 2 is 2.26 bits per heavy atom. The number of aryl methyl sites for hydroxylation is 1. The van der Waals surface area contributed by atoms with Gasteiger partial charge < -0.3 is 10.1 Å². The van der Waals surface area contributed by atoms with E-state index in [9.17, 15) is 10.1 Å². The van der Waals surface area contributed by atoms with Crippen molar-refractivity contribution < 1.29 is 9.53 Å². The zero-order valence-electron chi connectivity index (χ0n) is 10.6. The van der Waals surface area contributed by atoms with E-state index in [1.807, 2.05) is 6.92 Å². The van der Waals surface area contributed by atoms with Gasteiger partial charge in [-0.25, -0.2) is 4.98 Å². The molecule has 1 aliphatic heterocycles. The number of pyridine rings is 1. The summed E-state index contributed by atoms with van der Waals surface area (Å²) in [6.07, 6.45) is 2.48. The zero-order valence-corrected chi connectivity index (χ0v) is 12.2. The lowest BCUT2D eigenvalue weighted by Crippen LogP contribution is -2.40. The molecule has 2 rings (SSSR count). The molecule has 5 nitrogen and oxygen atoms in total. The molecule has 0 aromatic carbocycles. The van der Waals surface area contributed by atoms with E-state index in [-0.39, 0.29) is 5.91 Å². The number of anilines is 1. The van der Waals surface area contributed by atoms with Crippen LogP contribution in [0.5, 0.6) is 0 Å². The molecule has 1 aliphatic rings. The molecular formula is C13H14BrN3O2. The molecule has 1 aromatic heterocycles. The van der Waals surface area contributed by atoms with Crippen LogP contribution < -0.4 is 5.32 Å². The molecule has 0 unspecified atom stereocenters. The lowest BCUT2D eigenvalue weighted by Gasteiger charge is -2.29. The van der Waals surface area contributed by atoms with E-state index in [4.69, 9.17) is 4.74 Å². The van der Waals surface area contributed by atoms with Crippen LogP contribution in [0.3, 0.4) is 0 Å². The average Bonchev–Trinajstić information content (AvgIpc) is 2.43. The molecule has 0 spiro atoms. The monoisotopic (exact) mass is 323 g/mol. The van der Waals surface area contributed by atoms with Crippen molar-refractivity contribution in [3.05, 3.63) is 22.3 Å². The van der Waals surface area contributed by atoms with Crippen molar-refractivity contribution in [3.8, 4) is 6.07 Å². The Hall–Kier alpha value is -1.45. The minimum atomic E-state index is -0.999. The molecule has 19 heavy (non-hydrogen) atoms. The van der Waals surface area contributed by atoms with E-state index < -0.39 is 5.41 Å². The maximum atomic E-state index is 12.3. The molecule has 1 aromatic rings. The number of ether oxygens (including phenoxy) is 1. The summed E-state index contributed by atoms with van der Waals surface area (Å²) in [6.45, 7) is 2.79. The number of carbonyl (C=O) groups excluding carboxylic acids is 1. The fourth-order valence-electron chi connectivity index (χ4n) is 1.95. The van der Waals surface area contributed by atoms with Crippen LogP contribution in [-0.2, 0) is 9.53 Å². The molecule has 6 heteroatoms. The van der Waals surface area contributed by atoms with Crippen molar-refractivity contribution in [1.29, 1.82) is 5.26 Å². The predicted molar refractivity (Wildman–Crippen MR) is 73.4 cm³/mol. The number of hydrogen-bond donors (Lipinski definition) is 1. The van der Waals surface area contributed by atoms with Crippen LogP contribution in [0.2, 0.25) is 0 Å². The number of halogens is 1. The van der Waals surface area contributed by atoms with Crippen LogP contribution in [-0.4, -0.2) is 24.1 Å². The number of nitrogens with one attached hydrogen (secondary N) is 1. The van der Waals surface area contributed by atoms with E-state index in [1.165, 1.54) is 0 Å². The van der Waals surface area contributed by atoms with Gasteiger partial charge in [-0.1, -0.05) is 0 Å². The van der Waals surface area contributed by atoms with E-state index in [2.05, 4.69) is 32.3 Å². The molecule has 1 saturated heterocycles. The van der Waals surface area contributed by atoms with Crippen LogP contribution in [0.15, 0.2) is 16.7 Å². The van der Waals surface area contributed by atoms with Crippen molar-refractivity contribution in [1.82, 2.24) is 4.98 Å². The summed E-state index contributed by atoms with van der Waals surface area (Å²) in [5.74, 6) is 0.166. The summed E-state index contributed by atoms with van der Waals surface area (Å²) in [5.41, 5.74) is -0.0238. The fourth-order valence-corrected chi connectivity index (χ4v) is 2.17. The largest absolute Gasteiger partial charge is 0.381 e. The zero-order chi connectivity index (χ0) is 13.9. The van der Waals surface area contributed by atoms with E-state index >= 15 is 0 Å². The number of nitrogens with zero attached hydrogens (tertiary/aromatic N) is 2. The molecule has 0 bridgehead atoms. The Labute approximate surface area is 120 Å². The lowest BCUT2D eigenvalue weighted by atomic mass is 9.81. The second-order valence-electron chi connectivity index (χ2n) is 4.58. The van der Waals surface area contributed by atoms with Crippen molar-refractivity contribution in [2.45, 2.75) is 19.8 Å². The van der Waals surface area contributed by atoms with Gasteiger partial charge in [0.15, 0.2) is 0 Å². The van der Waals surface area contributed by atoms with Crippen LogP contribution in [0, 0.1) is 23.7 Å². The van der Waals surface area contributed by atoms with Gasteiger partial charge in [0.25, 0.3) is 0 Å². The van der Waals surface area contributed by atoms with E-state index in [0.29, 0.717) is 31.9 Å². The first kappa shape index (κ1) is 14.0. The highest BCUT2D eigenvalue weighted by atomic mass is 79.9. The van der Waals surface area contributed by atoms with Gasteiger partial charge in [-0.15, -0.1) is 0 Å². The van der Waals surface area contributed by atoms with E-state index in [1.54, 1.807) is 12.3 Å². The molecule has 2 heterocycles. The third kappa shape index (κ3) is 2.94. The standard InChI is InChI=1S/C13H14BrN3O2/c1-9-6-11(16-7-10(9)14)17-12(18)13(8-15)2-4-19-5-3-13/h6-7H,2-5H2,1H3,(H,16,17,18). The Kier molecular flexibility index (Phi) is 4.17. The summed E-state index contributed by atoms with van der Waals surface area (Å²) in [6, 6.07) is 3.90. The van der Waals surface area contributed by atoms with Gasteiger partial charge in [-0.2, -0.15) is 5.26 Å². The van der Waals surface area contributed by atoms with Gasteiger partial charge in [-0.3, -0.25) is 4.79 Å². The SMILES string of the molecule is Cc1cc(NC(=O)C2(C#N)CCOCC2)ncc1Br. The Morgan fingerprint density at radius 1 is 1.58 bits per heavy atom. The van der Waals surface area contributed by atoms with Crippen LogP contribution in [0.1, 0.15) is 18.4 Å². The molecule has 100 valence electrons. The van der Waals surface area contributed by atoms with Gasteiger partial charge in [0.05, 0.1) is 6.07 Å². The van der Waals surface area contributed by atoms with Gasteiger partial charge in [0.2, 0.25) is 5.91 Å². The molecule has 1 N–H and O–H groups in total.